The molecule has 7 heteroatoms. The summed E-state index contributed by atoms with van der Waals surface area (Å²) in [5.74, 6) is -1.25. The van der Waals surface area contributed by atoms with E-state index in [1.165, 1.54) is 6.08 Å². The Morgan fingerprint density at radius 2 is 2.05 bits per heavy atom. The zero-order valence-electron chi connectivity index (χ0n) is 11.0. The number of hydrogen-bond acceptors (Lipinski definition) is 5. The van der Waals surface area contributed by atoms with Gasteiger partial charge in [-0.05, 0) is 23.8 Å². The number of nitrogens with zero attached hydrogens (tertiary/aromatic N) is 1. The lowest BCUT2D eigenvalue weighted by Gasteiger charge is -2.09. The standard InChI is InChI=1S/C14H12BrNO5/c15-11-4-1-10(2-5-11)3-6-13(18)21-9-12(17)16-7-8-20-14(16)19/h1-6H,7-9H2/b6-3+. The first-order valence-corrected chi connectivity index (χ1v) is 6.93. The van der Waals surface area contributed by atoms with Crippen LogP contribution in [0.2, 0.25) is 0 Å². The summed E-state index contributed by atoms with van der Waals surface area (Å²) in [6.45, 7) is -0.134. The molecule has 0 unspecified atom stereocenters. The molecule has 1 saturated heterocycles. The molecule has 1 aliphatic rings. The van der Waals surface area contributed by atoms with E-state index in [0.717, 1.165) is 14.9 Å². The van der Waals surface area contributed by atoms with E-state index in [1.54, 1.807) is 6.08 Å². The average molecular weight is 354 g/mol. The second-order valence-electron chi connectivity index (χ2n) is 4.15. The van der Waals surface area contributed by atoms with Gasteiger partial charge >= 0.3 is 12.1 Å². The molecule has 2 rings (SSSR count). The quantitative estimate of drug-likeness (QED) is 0.611. The highest BCUT2D eigenvalue weighted by atomic mass is 79.9. The van der Waals surface area contributed by atoms with Crippen LogP contribution in [0.3, 0.4) is 0 Å². The van der Waals surface area contributed by atoms with E-state index in [9.17, 15) is 14.4 Å². The maximum Gasteiger partial charge on any atom is 0.416 e. The lowest BCUT2D eigenvalue weighted by atomic mass is 10.2. The first kappa shape index (κ1) is 15.2. The number of imide groups is 1. The van der Waals surface area contributed by atoms with Crippen molar-refractivity contribution in [2.75, 3.05) is 19.8 Å². The molecule has 21 heavy (non-hydrogen) atoms. The third kappa shape index (κ3) is 4.42. The highest BCUT2D eigenvalue weighted by Gasteiger charge is 2.28. The number of benzene rings is 1. The van der Waals surface area contributed by atoms with Crippen LogP contribution < -0.4 is 0 Å². The number of rotatable bonds is 4. The van der Waals surface area contributed by atoms with Crippen molar-refractivity contribution in [2.24, 2.45) is 0 Å². The molecule has 0 atom stereocenters. The summed E-state index contributed by atoms with van der Waals surface area (Å²) in [6, 6.07) is 7.32. The molecular formula is C14H12BrNO5. The zero-order valence-corrected chi connectivity index (χ0v) is 12.5. The number of ether oxygens (including phenoxy) is 2. The summed E-state index contributed by atoms with van der Waals surface area (Å²) in [4.78, 5) is 35.1. The van der Waals surface area contributed by atoms with Gasteiger partial charge in [-0.25, -0.2) is 14.5 Å². The molecule has 1 aromatic carbocycles. The number of cyclic esters (lactones) is 1. The zero-order chi connectivity index (χ0) is 15.2. The van der Waals surface area contributed by atoms with Crippen molar-refractivity contribution in [3.8, 4) is 0 Å². The van der Waals surface area contributed by atoms with Crippen molar-refractivity contribution in [3.05, 3.63) is 40.4 Å². The molecule has 0 bridgehead atoms. The van der Waals surface area contributed by atoms with Crippen LogP contribution in [-0.4, -0.2) is 42.6 Å². The predicted octanol–water partition coefficient (Wildman–Crippen LogP) is 1.98. The second-order valence-corrected chi connectivity index (χ2v) is 5.07. The van der Waals surface area contributed by atoms with Crippen molar-refractivity contribution >= 4 is 40.0 Å². The molecule has 2 amide bonds. The van der Waals surface area contributed by atoms with Crippen LogP contribution in [0.15, 0.2) is 34.8 Å². The average Bonchev–Trinajstić information content (AvgIpc) is 2.90. The van der Waals surface area contributed by atoms with Gasteiger partial charge in [0.1, 0.15) is 6.61 Å². The summed E-state index contributed by atoms with van der Waals surface area (Å²) in [5, 5.41) is 0. The molecule has 0 aromatic heterocycles. The Bertz CT molecular complexity index is 582. The van der Waals surface area contributed by atoms with Gasteiger partial charge in [-0.1, -0.05) is 28.1 Å². The molecule has 1 aromatic rings. The van der Waals surface area contributed by atoms with Gasteiger partial charge in [0, 0.05) is 10.5 Å². The van der Waals surface area contributed by atoms with E-state index in [0.29, 0.717) is 0 Å². The van der Waals surface area contributed by atoms with Crippen LogP contribution in [0.4, 0.5) is 4.79 Å². The Hall–Kier alpha value is -2.15. The Morgan fingerprint density at radius 1 is 1.33 bits per heavy atom. The molecular weight excluding hydrogens is 342 g/mol. The molecule has 1 heterocycles. The van der Waals surface area contributed by atoms with Crippen LogP contribution in [0.5, 0.6) is 0 Å². The third-order valence-electron chi connectivity index (χ3n) is 2.68. The number of hydrogen-bond donors (Lipinski definition) is 0. The van der Waals surface area contributed by atoms with Crippen LogP contribution in [0.25, 0.3) is 6.08 Å². The van der Waals surface area contributed by atoms with Gasteiger partial charge < -0.3 is 9.47 Å². The van der Waals surface area contributed by atoms with Crippen LogP contribution in [0.1, 0.15) is 5.56 Å². The number of carbonyl (C=O) groups excluding carboxylic acids is 3. The fourth-order valence-corrected chi connectivity index (χ4v) is 1.88. The van der Waals surface area contributed by atoms with Crippen molar-refractivity contribution in [1.29, 1.82) is 0 Å². The maximum atomic E-state index is 11.6. The van der Waals surface area contributed by atoms with Gasteiger partial charge in [0.25, 0.3) is 5.91 Å². The molecule has 0 aliphatic carbocycles. The van der Waals surface area contributed by atoms with E-state index in [2.05, 4.69) is 20.7 Å². The summed E-state index contributed by atoms with van der Waals surface area (Å²) < 4.78 is 10.3. The van der Waals surface area contributed by atoms with Gasteiger partial charge in [0.15, 0.2) is 6.61 Å². The minimum atomic E-state index is -0.707. The highest BCUT2D eigenvalue weighted by molar-refractivity contribution is 9.10. The van der Waals surface area contributed by atoms with Crippen molar-refractivity contribution in [1.82, 2.24) is 4.90 Å². The topological polar surface area (TPSA) is 72.9 Å². The Kier molecular flexibility index (Phi) is 5.10. The molecule has 6 nitrogen and oxygen atoms in total. The molecule has 1 fully saturated rings. The van der Waals surface area contributed by atoms with Crippen LogP contribution in [-0.2, 0) is 19.1 Å². The van der Waals surface area contributed by atoms with Gasteiger partial charge in [-0.3, -0.25) is 4.79 Å². The molecule has 0 N–H and O–H groups in total. The smallest absolute Gasteiger partial charge is 0.416 e. The molecule has 110 valence electrons. The first-order chi connectivity index (χ1) is 10.1. The number of amides is 2. The number of halogens is 1. The van der Waals surface area contributed by atoms with E-state index in [4.69, 9.17) is 4.74 Å². The number of esters is 1. The third-order valence-corrected chi connectivity index (χ3v) is 3.21. The Morgan fingerprint density at radius 3 is 2.67 bits per heavy atom. The molecule has 0 spiro atoms. The minimum Gasteiger partial charge on any atom is -0.452 e. The minimum absolute atomic E-state index is 0.169. The van der Waals surface area contributed by atoms with Gasteiger partial charge in [0.2, 0.25) is 0 Å². The summed E-state index contributed by atoms with van der Waals surface area (Å²) in [7, 11) is 0. The lowest BCUT2D eigenvalue weighted by molar-refractivity contribution is -0.146. The monoisotopic (exact) mass is 353 g/mol. The first-order valence-electron chi connectivity index (χ1n) is 6.14. The van der Waals surface area contributed by atoms with E-state index in [1.807, 2.05) is 24.3 Å². The van der Waals surface area contributed by atoms with Gasteiger partial charge in [0.05, 0.1) is 6.54 Å². The van der Waals surface area contributed by atoms with E-state index >= 15 is 0 Å². The lowest BCUT2D eigenvalue weighted by Crippen LogP contribution is -2.35. The highest BCUT2D eigenvalue weighted by Crippen LogP contribution is 2.11. The molecule has 0 saturated carbocycles. The van der Waals surface area contributed by atoms with Crippen LogP contribution >= 0.6 is 15.9 Å². The Balaban J connectivity index is 1.80. The van der Waals surface area contributed by atoms with Crippen molar-refractivity contribution < 1.29 is 23.9 Å². The van der Waals surface area contributed by atoms with Crippen molar-refractivity contribution in [3.63, 3.8) is 0 Å². The normalized spacial score (nSPS) is 14.3. The molecule has 0 radical (unpaired) electrons. The summed E-state index contributed by atoms with van der Waals surface area (Å²) in [6.07, 6.45) is 2.09. The molecule has 1 aliphatic heterocycles. The van der Waals surface area contributed by atoms with E-state index in [-0.39, 0.29) is 13.2 Å². The summed E-state index contributed by atoms with van der Waals surface area (Å²) >= 11 is 3.31. The van der Waals surface area contributed by atoms with Gasteiger partial charge in [-0.2, -0.15) is 0 Å². The van der Waals surface area contributed by atoms with Gasteiger partial charge in [-0.15, -0.1) is 0 Å². The largest absolute Gasteiger partial charge is 0.452 e. The van der Waals surface area contributed by atoms with Crippen LogP contribution in [0, 0.1) is 0 Å². The summed E-state index contributed by atoms with van der Waals surface area (Å²) in [5.41, 5.74) is 0.824. The Labute approximate surface area is 129 Å². The second kappa shape index (κ2) is 7.03. The fraction of sp³-hybridized carbons (Fsp3) is 0.214. The SMILES string of the molecule is O=C(/C=C/c1ccc(Br)cc1)OCC(=O)N1CCOC1=O. The predicted molar refractivity (Wildman–Crippen MR) is 77.2 cm³/mol. The van der Waals surface area contributed by atoms with Crippen molar-refractivity contribution in [2.45, 2.75) is 0 Å². The maximum absolute atomic E-state index is 11.6. The van der Waals surface area contributed by atoms with E-state index < -0.39 is 24.6 Å². The fourth-order valence-electron chi connectivity index (χ4n) is 1.62. The number of carbonyl (C=O) groups is 3.